The summed E-state index contributed by atoms with van der Waals surface area (Å²) in [5.41, 5.74) is 1.20. The van der Waals surface area contributed by atoms with Gasteiger partial charge in [-0.05, 0) is 30.5 Å². The van der Waals surface area contributed by atoms with Crippen LogP contribution in [0.2, 0.25) is 0 Å². The molecule has 3 heteroatoms. The first-order valence-electron chi connectivity index (χ1n) is 5.61. The van der Waals surface area contributed by atoms with Gasteiger partial charge in [0.25, 0.3) is 0 Å². The van der Waals surface area contributed by atoms with Crippen LogP contribution in [0.1, 0.15) is 12.0 Å². The molecule has 1 aromatic rings. The molecule has 0 saturated heterocycles. The second-order valence-electron chi connectivity index (χ2n) is 3.74. The van der Waals surface area contributed by atoms with Gasteiger partial charge in [-0.25, -0.2) is 0 Å². The predicted octanol–water partition coefficient (Wildman–Crippen LogP) is 2.84. The van der Waals surface area contributed by atoms with E-state index in [1.54, 1.807) is 21.3 Å². The number of methoxy groups -OCH3 is 3. The first kappa shape index (κ1) is 13.6. The van der Waals surface area contributed by atoms with Gasteiger partial charge >= 0.3 is 0 Å². The summed E-state index contributed by atoms with van der Waals surface area (Å²) in [4.78, 5) is 0. The van der Waals surface area contributed by atoms with Gasteiger partial charge in [-0.2, -0.15) is 0 Å². The van der Waals surface area contributed by atoms with Crippen molar-refractivity contribution in [2.75, 3.05) is 21.3 Å². The van der Waals surface area contributed by atoms with Gasteiger partial charge in [0, 0.05) is 7.11 Å². The molecule has 94 valence electrons. The third-order valence-electron chi connectivity index (χ3n) is 2.73. The number of hydrogen-bond acceptors (Lipinski definition) is 3. The van der Waals surface area contributed by atoms with Gasteiger partial charge < -0.3 is 14.2 Å². The summed E-state index contributed by atoms with van der Waals surface area (Å²) in [5, 5.41) is 0. The molecule has 17 heavy (non-hydrogen) atoms. The normalized spacial score (nSPS) is 11.9. The van der Waals surface area contributed by atoms with Crippen LogP contribution in [0, 0.1) is 0 Å². The molecular weight excluding hydrogens is 216 g/mol. The highest BCUT2D eigenvalue weighted by Gasteiger charge is 2.06. The molecule has 0 saturated carbocycles. The van der Waals surface area contributed by atoms with Gasteiger partial charge in [0.15, 0.2) is 11.5 Å². The average Bonchev–Trinajstić information content (AvgIpc) is 2.39. The third kappa shape index (κ3) is 3.79. The van der Waals surface area contributed by atoms with Crippen molar-refractivity contribution in [2.24, 2.45) is 0 Å². The molecule has 0 radical (unpaired) electrons. The van der Waals surface area contributed by atoms with Crippen molar-refractivity contribution in [3.05, 3.63) is 36.4 Å². The smallest absolute Gasteiger partial charge is 0.160 e. The maximum atomic E-state index is 5.26. The van der Waals surface area contributed by atoms with Crippen LogP contribution < -0.4 is 9.47 Å². The molecule has 0 aliphatic heterocycles. The van der Waals surface area contributed by atoms with Crippen molar-refractivity contribution in [1.29, 1.82) is 0 Å². The lowest BCUT2D eigenvalue weighted by molar-refractivity contribution is 0.134. The minimum absolute atomic E-state index is 0.100. The zero-order valence-corrected chi connectivity index (χ0v) is 10.7. The summed E-state index contributed by atoms with van der Waals surface area (Å²) >= 11 is 0. The largest absolute Gasteiger partial charge is 0.493 e. The zero-order chi connectivity index (χ0) is 12.7. The molecule has 0 aromatic heterocycles. The molecule has 0 aliphatic carbocycles. The monoisotopic (exact) mass is 236 g/mol. The zero-order valence-electron chi connectivity index (χ0n) is 10.7. The lowest BCUT2D eigenvalue weighted by Crippen LogP contribution is -2.07. The average molecular weight is 236 g/mol. The molecule has 0 heterocycles. The van der Waals surface area contributed by atoms with E-state index in [2.05, 4.69) is 6.58 Å². The fourth-order valence-electron chi connectivity index (χ4n) is 1.68. The molecule has 1 unspecified atom stereocenters. The van der Waals surface area contributed by atoms with Gasteiger partial charge in [-0.1, -0.05) is 12.1 Å². The van der Waals surface area contributed by atoms with Gasteiger partial charge in [-0.3, -0.25) is 0 Å². The van der Waals surface area contributed by atoms with Crippen LogP contribution in [0.5, 0.6) is 11.5 Å². The molecule has 0 bridgehead atoms. The van der Waals surface area contributed by atoms with E-state index in [0.717, 1.165) is 24.3 Å². The Balaban J connectivity index is 2.69. The van der Waals surface area contributed by atoms with Gasteiger partial charge in [-0.15, -0.1) is 6.58 Å². The van der Waals surface area contributed by atoms with Crippen LogP contribution >= 0.6 is 0 Å². The maximum Gasteiger partial charge on any atom is 0.160 e. The minimum Gasteiger partial charge on any atom is -0.493 e. The van der Waals surface area contributed by atoms with Crippen LogP contribution in [-0.2, 0) is 11.2 Å². The van der Waals surface area contributed by atoms with Gasteiger partial charge in [0.1, 0.15) is 0 Å². The minimum atomic E-state index is 0.100. The molecule has 1 atom stereocenters. The molecule has 0 N–H and O–H groups in total. The number of hydrogen-bond donors (Lipinski definition) is 0. The van der Waals surface area contributed by atoms with Crippen LogP contribution in [0.4, 0.5) is 0 Å². The number of rotatable bonds is 7. The van der Waals surface area contributed by atoms with E-state index in [1.165, 1.54) is 5.56 Å². The van der Waals surface area contributed by atoms with Crippen LogP contribution in [0.25, 0.3) is 0 Å². The third-order valence-corrected chi connectivity index (χ3v) is 2.73. The fourth-order valence-corrected chi connectivity index (χ4v) is 1.68. The summed E-state index contributed by atoms with van der Waals surface area (Å²) in [6.45, 7) is 3.74. The molecule has 1 aromatic carbocycles. The summed E-state index contributed by atoms with van der Waals surface area (Å²) < 4.78 is 15.7. The Morgan fingerprint density at radius 1 is 1.18 bits per heavy atom. The molecular formula is C14H20O3. The van der Waals surface area contributed by atoms with Crippen molar-refractivity contribution in [2.45, 2.75) is 18.9 Å². The number of aryl methyl sites for hydroxylation is 1. The van der Waals surface area contributed by atoms with Crippen LogP contribution in [-0.4, -0.2) is 27.4 Å². The highest BCUT2D eigenvalue weighted by molar-refractivity contribution is 5.42. The molecule has 0 fully saturated rings. The summed E-state index contributed by atoms with van der Waals surface area (Å²) in [6.07, 6.45) is 3.75. The van der Waals surface area contributed by atoms with Gasteiger partial charge in [0.2, 0.25) is 0 Å². The Hall–Kier alpha value is -1.48. The first-order valence-corrected chi connectivity index (χ1v) is 5.61. The van der Waals surface area contributed by atoms with Crippen molar-refractivity contribution < 1.29 is 14.2 Å². The van der Waals surface area contributed by atoms with Crippen LogP contribution in [0.3, 0.4) is 0 Å². The quantitative estimate of drug-likeness (QED) is 0.681. The Kier molecular flexibility index (Phi) is 5.57. The van der Waals surface area contributed by atoms with E-state index < -0.39 is 0 Å². The first-order chi connectivity index (χ1) is 8.24. The number of ether oxygens (including phenoxy) is 3. The van der Waals surface area contributed by atoms with E-state index >= 15 is 0 Å². The highest BCUT2D eigenvalue weighted by Crippen LogP contribution is 2.28. The Bertz CT molecular complexity index is 360. The van der Waals surface area contributed by atoms with E-state index in [0.29, 0.717) is 0 Å². The van der Waals surface area contributed by atoms with Crippen LogP contribution in [0.15, 0.2) is 30.9 Å². The molecule has 1 rings (SSSR count). The fraction of sp³-hybridized carbons (Fsp3) is 0.429. The number of benzene rings is 1. The Morgan fingerprint density at radius 3 is 2.41 bits per heavy atom. The van der Waals surface area contributed by atoms with Crippen molar-refractivity contribution in [3.63, 3.8) is 0 Å². The van der Waals surface area contributed by atoms with Gasteiger partial charge in [0.05, 0.1) is 20.3 Å². The summed E-state index contributed by atoms with van der Waals surface area (Å²) in [5.74, 6) is 1.51. The highest BCUT2D eigenvalue weighted by atomic mass is 16.5. The molecule has 0 spiro atoms. The summed E-state index contributed by atoms with van der Waals surface area (Å²) in [7, 11) is 4.97. The Labute approximate surface area is 103 Å². The molecule has 0 aliphatic rings. The standard InChI is InChI=1S/C14H20O3/c1-5-12(15-2)8-6-11-7-9-13(16-3)14(10-11)17-4/h5,7,9-10,12H,1,6,8H2,2-4H3. The summed E-state index contributed by atoms with van der Waals surface area (Å²) in [6, 6.07) is 5.95. The van der Waals surface area contributed by atoms with Crippen molar-refractivity contribution in [3.8, 4) is 11.5 Å². The topological polar surface area (TPSA) is 27.7 Å². The lowest BCUT2D eigenvalue weighted by atomic mass is 10.1. The molecule has 3 nitrogen and oxygen atoms in total. The maximum absolute atomic E-state index is 5.26. The van der Waals surface area contributed by atoms with E-state index in [9.17, 15) is 0 Å². The SMILES string of the molecule is C=CC(CCc1ccc(OC)c(OC)c1)OC. The second-order valence-corrected chi connectivity index (χ2v) is 3.74. The van der Waals surface area contributed by atoms with E-state index in [1.807, 2.05) is 24.3 Å². The lowest BCUT2D eigenvalue weighted by Gasteiger charge is -2.12. The van der Waals surface area contributed by atoms with Crippen molar-refractivity contribution in [1.82, 2.24) is 0 Å². The van der Waals surface area contributed by atoms with E-state index in [-0.39, 0.29) is 6.10 Å². The molecule has 0 amide bonds. The van der Waals surface area contributed by atoms with Crippen molar-refractivity contribution >= 4 is 0 Å². The van der Waals surface area contributed by atoms with E-state index in [4.69, 9.17) is 14.2 Å². The second kappa shape index (κ2) is 6.97. The Morgan fingerprint density at radius 2 is 1.88 bits per heavy atom. The predicted molar refractivity (Wildman–Crippen MR) is 68.9 cm³/mol.